The Bertz CT molecular complexity index is 1020. The van der Waals surface area contributed by atoms with Crippen LogP contribution in [0.2, 0.25) is 0 Å². The van der Waals surface area contributed by atoms with Crippen LogP contribution < -0.4 is 0 Å². The number of carbonyl (C=O) groups is 1. The largest absolute Gasteiger partial charge is 0.358 e. The first-order valence-corrected chi connectivity index (χ1v) is 9.37. The summed E-state index contributed by atoms with van der Waals surface area (Å²) in [7, 11) is 0. The maximum atomic E-state index is 11.8. The summed E-state index contributed by atoms with van der Waals surface area (Å²) in [5.74, 6) is 0.111. The Morgan fingerprint density at radius 1 is 0.423 bits per heavy atom. The number of carbonyl (C=O) groups excluding carboxylic acids is 1. The molecule has 238 valence electrons. The average Bonchev–Trinajstić information content (AvgIpc) is 3.17. The van der Waals surface area contributed by atoms with E-state index < -0.39 is 0 Å². The number of rotatable bonds is 2. The van der Waals surface area contributed by atoms with Gasteiger partial charge in [0, 0.05) is 660 Å². The van der Waals surface area contributed by atoms with E-state index in [2.05, 4.69) is 50.2 Å². The molecule has 0 aliphatic carbocycles. The van der Waals surface area contributed by atoms with Crippen molar-refractivity contribution in [3.8, 4) is 0 Å². The fraction of sp³-hybridized carbons (Fsp3) is 0.100. The molecule has 0 saturated carbocycles. The van der Waals surface area contributed by atoms with Crippen LogP contribution in [-0.4, -0.2) is 5.78 Å². The van der Waals surface area contributed by atoms with E-state index in [-0.39, 0.29) is 705 Å². The molecule has 0 N–H and O–H groups in total. The average molecular weight is 2220 g/mol. The number of benzene rings is 3. The van der Waals surface area contributed by atoms with Gasteiger partial charge in [0.15, 0.2) is 0 Å². The first-order chi connectivity index (χ1) is 12.5. The zero-order chi connectivity index (χ0) is 18.5. The van der Waals surface area contributed by atoms with Gasteiger partial charge < -0.3 is 44.6 Å². The van der Waals surface area contributed by atoms with Crippen molar-refractivity contribution >= 4 is 27.9 Å². The normalized spacial score (nSPS) is 5.13. The molecule has 1 heterocycles. The van der Waals surface area contributed by atoms with Gasteiger partial charge in [-0.15, -0.1) is 11.3 Å². The van der Waals surface area contributed by atoms with E-state index in [1.54, 1.807) is 0 Å². The quantitative estimate of drug-likeness (QED) is 0.145. The topological polar surface area (TPSA) is 17.1 Å². The molecule has 0 spiro atoms. The van der Waals surface area contributed by atoms with E-state index in [0.29, 0.717) is 0 Å². The molecule has 4 aromatic rings. The smallest absolute Gasteiger partial charge is 0.202 e. The Balaban J connectivity index is -0.00000000916. The van der Waals surface area contributed by atoms with E-state index in [1.807, 2.05) is 48.7 Å². The van der Waals surface area contributed by atoms with E-state index in [1.165, 1.54) is 28.0 Å². The molecule has 1 nitrogen and oxygen atoms in total. The second-order valence-electron chi connectivity index (χ2n) is 6.28. The molecule has 1 aromatic heterocycles. The first kappa shape index (κ1) is 158. The second kappa shape index (κ2) is 103. The second-order valence-corrected chi connectivity index (χ2v) is 7.23. The SMILES string of the molecule is Cc1[c-]c2ccc(C)[c-]c2cc1.Cc1ccc(C(=O)c2cccs2)cc1.[CH3-].[CH3-].[CH3-].[CH3-].[CH3-].[CH3-].[Y].[Y].[Y].[Y].[Y].[Y].[Y].[Y].[Y].[Y].[Y].[Y].[Y].[Y].[Y].[Y].[Y].[Y].[Y].[Y]. The number of hydrogen-bond acceptors (Lipinski definition) is 2. The monoisotopic (exact) mass is 2220 g/mol. The molecule has 0 unspecified atom stereocenters. The van der Waals surface area contributed by atoms with Gasteiger partial charge in [0.1, 0.15) is 0 Å². The van der Waals surface area contributed by atoms with Crippen molar-refractivity contribution in [2.75, 3.05) is 0 Å². The van der Waals surface area contributed by atoms with Gasteiger partial charge in [-0.05, 0) is 18.4 Å². The molecule has 0 saturated heterocycles. The molecule has 0 amide bonds. The maximum Gasteiger partial charge on any atom is 0.202 e. The predicted octanol–water partition coefficient (Wildman–Crippen LogP) is 9.00. The Hall–Kier alpha value is 19.4. The maximum absolute atomic E-state index is 11.8. The first-order valence-electron chi connectivity index (χ1n) is 8.49. The molecule has 0 aliphatic heterocycles. The standard InChI is InChI=1S/C12H10OS.C12H10.6CH3.20Y/c1-9-4-6-10(7-5-9)12(13)11-3-2-8-14-11;1-9-3-5-12-8-10(2)4-6-11(12)7-9;;;;;;;;;;;;;;;;;;;;;;;;;;/h2-8H,1H3;3-6H,1-2H3;6*1H3;;;;;;;;;;;;;;;;;;;;/q;-2;6*-1;;;;;;;;;;;;;;;;;;;;. The molecular weight excluding hydrogens is 2190 g/mol. The molecule has 22 heteroatoms. The Labute approximate surface area is 830 Å². The Morgan fingerprint density at radius 3 is 0.962 bits per heavy atom. The third-order valence-electron chi connectivity index (χ3n) is 4.01. The van der Waals surface area contributed by atoms with Gasteiger partial charge in [0.2, 0.25) is 5.78 Å². The minimum atomic E-state index is 0. The van der Waals surface area contributed by atoms with Crippen molar-refractivity contribution in [2.24, 2.45) is 0 Å². The number of fused-ring (bicyclic) bond motifs is 1. The van der Waals surface area contributed by atoms with Crippen LogP contribution in [0.5, 0.6) is 0 Å². The summed E-state index contributed by atoms with van der Waals surface area (Å²) in [4.78, 5) is 12.6. The molecule has 20 radical (unpaired) electrons. The predicted molar refractivity (Wildman–Crippen MR) is 149 cm³/mol. The van der Waals surface area contributed by atoms with Gasteiger partial charge in [-0.1, -0.05) is 49.7 Å². The molecule has 3 aromatic carbocycles. The van der Waals surface area contributed by atoms with Crippen LogP contribution in [0.15, 0.2) is 66.0 Å². The minimum Gasteiger partial charge on any atom is -0.358 e. The van der Waals surface area contributed by atoms with Gasteiger partial charge in [0.05, 0.1) is 4.88 Å². The molecule has 52 heavy (non-hydrogen) atoms. The fourth-order valence-electron chi connectivity index (χ4n) is 2.58. The summed E-state index contributed by atoms with van der Waals surface area (Å²) in [6.07, 6.45) is 0. The number of aryl methyl sites for hydroxylation is 3. The van der Waals surface area contributed by atoms with E-state index in [9.17, 15) is 4.79 Å². The van der Waals surface area contributed by atoms with Crippen molar-refractivity contribution in [3.63, 3.8) is 0 Å². The third kappa shape index (κ3) is 73.6. The van der Waals surface area contributed by atoms with E-state index in [4.69, 9.17) is 0 Å². The van der Waals surface area contributed by atoms with Gasteiger partial charge in [0.25, 0.3) is 0 Å². The van der Waals surface area contributed by atoms with Crippen molar-refractivity contribution < 1.29 is 659 Å². The van der Waals surface area contributed by atoms with Crippen LogP contribution in [0, 0.1) is 77.5 Å². The molecule has 0 bridgehead atoms. The minimum absolute atomic E-state index is 0. The van der Waals surface area contributed by atoms with Crippen LogP contribution in [0.3, 0.4) is 0 Å². The van der Waals surface area contributed by atoms with E-state index in [0.717, 1.165) is 21.2 Å². The van der Waals surface area contributed by atoms with Crippen molar-refractivity contribution in [1.29, 1.82) is 0 Å². The molecule has 4 rings (SSSR count). The fourth-order valence-corrected chi connectivity index (χ4v) is 3.26. The molecule has 0 aliphatic rings. The van der Waals surface area contributed by atoms with Crippen molar-refractivity contribution in [3.05, 3.63) is 150 Å². The van der Waals surface area contributed by atoms with Crippen LogP contribution in [0.25, 0.3) is 10.8 Å². The Kier molecular flexibility index (Phi) is 312. The summed E-state index contributed by atoms with van der Waals surface area (Å²) >= 11 is 1.48. The van der Waals surface area contributed by atoms with E-state index >= 15 is 0 Å². The summed E-state index contributed by atoms with van der Waals surface area (Å²) in [5.41, 5.74) is 4.30. The zero-order valence-corrected chi connectivity index (χ0v) is 90.3. The zero-order valence-electron chi connectivity index (χ0n) is 32.7. The summed E-state index contributed by atoms with van der Waals surface area (Å²) in [6, 6.07) is 26.3. The van der Waals surface area contributed by atoms with Crippen LogP contribution in [0.1, 0.15) is 31.9 Å². The summed E-state index contributed by atoms with van der Waals surface area (Å²) < 4.78 is 0. The van der Waals surface area contributed by atoms with Crippen LogP contribution >= 0.6 is 11.3 Å². The van der Waals surface area contributed by atoms with Gasteiger partial charge in [-0.3, -0.25) is 4.79 Å². The molecule has 0 fully saturated rings. The number of ketones is 1. The molecule has 0 atom stereocenters. The van der Waals surface area contributed by atoms with Crippen LogP contribution in [-0.2, 0) is 654 Å². The third-order valence-corrected chi connectivity index (χ3v) is 4.88. The van der Waals surface area contributed by atoms with Crippen LogP contribution in [0.4, 0.5) is 0 Å². The summed E-state index contributed by atoms with van der Waals surface area (Å²) in [6.45, 7) is 6.12. The van der Waals surface area contributed by atoms with Gasteiger partial charge in [-0.25, -0.2) is 22.9 Å². The van der Waals surface area contributed by atoms with Crippen molar-refractivity contribution in [1.82, 2.24) is 0 Å². The Morgan fingerprint density at radius 2 is 0.712 bits per heavy atom. The van der Waals surface area contributed by atoms with Gasteiger partial charge >= 0.3 is 0 Å². The summed E-state index contributed by atoms with van der Waals surface area (Å²) in [5, 5.41) is 4.22. The number of thiophene rings is 1. The van der Waals surface area contributed by atoms with Crippen molar-refractivity contribution in [2.45, 2.75) is 20.8 Å². The molecular formula is C30H38OSY20-8. The number of hydrogen-bond donors (Lipinski definition) is 0. The van der Waals surface area contributed by atoms with Gasteiger partial charge in [-0.2, -0.15) is 35.4 Å².